The molecule has 0 unspecified atom stereocenters. The standard InChI is InChI=1S/C27H28N2O6S2.O3S/c1-27(2)25(11-6-7-16-28-21-9-4-3-5-10-21)29(17-8-18-36(30,31)32)24-15-13-20-12-14-22(37(33,34)35)19-23(20)26(24)27;1-4(2)3/h3-7,9-16,19H,8,17-18H2,1-2H3,(H2,30,31,32,33,34,35);. The van der Waals surface area contributed by atoms with Crippen molar-refractivity contribution in [2.75, 3.05) is 17.6 Å². The lowest BCUT2D eigenvalue weighted by atomic mass is 9.79. The second kappa shape index (κ2) is 12.9. The van der Waals surface area contributed by atoms with Crippen molar-refractivity contribution in [2.45, 2.75) is 30.6 Å². The Morgan fingerprint density at radius 2 is 1.61 bits per heavy atom. The van der Waals surface area contributed by atoms with E-state index >= 15 is 0 Å². The highest BCUT2D eigenvalue weighted by molar-refractivity contribution is 7.86. The number of nitrogens with one attached hydrogen (secondary N) is 1. The van der Waals surface area contributed by atoms with Crippen molar-refractivity contribution in [3.63, 3.8) is 0 Å². The van der Waals surface area contributed by atoms with Crippen LogP contribution >= 0.6 is 0 Å². The molecule has 0 spiro atoms. The zero-order valence-corrected chi connectivity index (χ0v) is 24.5. The maximum absolute atomic E-state index is 11.8. The Hall–Kier alpha value is -3.69. The van der Waals surface area contributed by atoms with Gasteiger partial charge in [-0.1, -0.05) is 30.3 Å². The molecule has 1 aliphatic rings. The molecule has 0 radical (unpaired) electrons. The third kappa shape index (κ3) is 8.41. The van der Waals surface area contributed by atoms with Crippen LogP contribution in [0.1, 0.15) is 25.8 Å². The van der Waals surface area contributed by atoms with Crippen LogP contribution in [0, 0.1) is 0 Å². The van der Waals surface area contributed by atoms with E-state index in [0.717, 1.165) is 28.0 Å². The molecule has 0 atom stereocenters. The van der Waals surface area contributed by atoms with Crippen molar-refractivity contribution in [1.29, 1.82) is 0 Å². The molecule has 3 aromatic carbocycles. The van der Waals surface area contributed by atoms with E-state index in [2.05, 4.69) is 5.32 Å². The smallest absolute Gasteiger partial charge is 0.425 e. The van der Waals surface area contributed by atoms with Crippen molar-refractivity contribution >= 4 is 58.7 Å². The molecule has 3 aromatic rings. The average Bonchev–Trinajstić information content (AvgIpc) is 3.08. The summed E-state index contributed by atoms with van der Waals surface area (Å²) in [7, 11) is -11.9. The summed E-state index contributed by atoms with van der Waals surface area (Å²) in [5.41, 5.74) is 2.85. The lowest BCUT2D eigenvalue weighted by Gasteiger charge is -2.18. The number of allylic oxidation sites excluding steroid dienone is 3. The van der Waals surface area contributed by atoms with Gasteiger partial charge in [0.05, 0.1) is 20.4 Å². The molecule has 0 saturated carbocycles. The van der Waals surface area contributed by atoms with E-state index in [0.29, 0.717) is 5.39 Å². The number of anilines is 1. The first-order valence-corrected chi connectivity index (χ1v) is 16.2. The lowest BCUT2D eigenvalue weighted by Crippen LogP contribution is -2.28. The Labute approximate surface area is 240 Å². The molecular weight excluding hydrogens is 593 g/mol. The molecule has 0 aliphatic carbocycles. The van der Waals surface area contributed by atoms with Crippen LogP contribution in [0.2, 0.25) is 0 Å². The SMILES string of the molecule is CC1(C)C(/C=C/C=C/Nc2ccccc2)=[N+](CCCS(=O)(=O)[O-])c2ccc3ccc(S(=O)(=O)O)cc3c21.O=S(=O)=O. The highest BCUT2D eigenvalue weighted by Crippen LogP contribution is 2.44. The van der Waals surface area contributed by atoms with Crippen LogP contribution in [0.5, 0.6) is 0 Å². The fraction of sp³-hybridized carbons (Fsp3) is 0.222. The number of hydrogen-bond acceptors (Lipinski definition) is 9. The summed E-state index contributed by atoms with van der Waals surface area (Å²) in [6.07, 6.45) is 7.56. The van der Waals surface area contributed by atoms with Crippen LogP contribution in [0.15, 0.2) is 90.0 Å². The van der Waals surface area contributed by atoms with Gasteiger partial charge >= 0.3 is 10.6 Å². The predicted octanol–water partition coefficient (Wildman–Crippen LogP) is 3.58. The Morgan fingerprint density at radius 3 is 2.22 bits per heavy atom. The van der Waals surface area contributed by atoms with Crippen LogP contribution in [0.25, 0.3) is 10.8 Å². The molecular formula is C27H28N2O9S3. The summed E-state index contributed by atoms with van der Waals surface area (Å²) in [6.45, 7) is 4.29. The van der Waals surface area contributed by atoms with Crippen molar-refractivity contribution in [3.8, 4) is 0 Å². The van der Waals surface area contributed by atoms with Gasteiger partial charge in [-0.15, -0.1) is 12.6 Å². The number of nitrogens with zero attached hydrogens (tertiary/aromatic N) is 1. The first-order chi connectivity index (χ1) is 19.1. The summed E-state index contributed by atoms with van der Waals surface area (Å²) < 4.78 is 94.3. The first kappa shape index (κ1) is 31.8. The molecule has 0 bridgehead atoms. The lowest BCUT2D eigenvalue weighted by molar-refractivity contribution is -0.437. The molecule has 0 aromatic heterocycles. The normalized spacial score (nSPS) is 14.7. The largest absolute Gasteiger partial charge is 0.748 e. The summed E-state index contributed by atoms with van der Waals surface area (Å²) in [6, 6.07) is 17.9. The molecule has 11 nitrogen and oxygen atoms in total. The highest BCUT2D eigenvalue weighted by atomic mass is 32.2. The summed E-state index contributed by atoms with van der Waals surface area (Å²) in [4.78, 5) is -0.202. The molecule has 4 rings (SSSR count). The van der Waals surface area contributed by atoms with Gasteiger partial charge in [-0.05, 0) is 61.0 Å². The average molecular weight is 621 g/mol. The molecule has 0 fully saturated rings. The van der Waals surface area contributed by atoms with E-state index in [4.69, 9.17) is 12.6 Å². The number of hydrogen-bond donors (Lipinski definition) is 2. The zero-order chi connectivity index (χ0) is 30.4. The van der Waals surface area contributed by atoms with Crippen molar-refractivity contribution in [1.82, 2.24) is 0 Å². The van der Waals surface area contributed by atoms with Gasteiger partial charge in [0.15, 0.2) is 5.71 Å². The van der Waals surface area contributed by atoms with Crippen molar-refractivity contribution in [3.05, 3.63) is 90.7 Å². The minimum atomic E-state index is -4.40. The quantitative estimate of drug-likeness (QED) is 0.204. The summed E-state index contributed by atoms with van der Waals surface area (Å²) in [5.74, 6) is -0.488. The summed E-state index contributed by atoms with van der Waals surface area (Å²) in [5, 5.41) is 4.65. The van der Waals surface area contributed by atoms with Gasteiger partial charge in [0, 0.05) is 41.8 Å². The Balaban J connectivity index is 0.00000108. The Kier molecular flexibility index (Phi) is 9.99. The molecule has 41 heavy (non-hydrogen) atoms. The second-order valence-corrected chi connectivity index (χ2v) is 12.9. The third-order valence-corrected chi connectivity index (χ3v) is 8.02. The van der Waals surface area contributed by atoms with Crippen LogP contribution in [-0.2, 0) is 36.3 Å². The van der Waals surface area contributed by atoms with Gasteiger partial charge in [0.25, 0.3) is 10.1 Å². The zero-order valence-electron chi connectivity index (χ0n) is 22.1. The third-order valence-electron chi connectivity index (χ3n) is 6.38. The number of fused-ring (bicyclic) bond motifs is 3. The van der Waals surface area contributed by atoms with E-state index in [1.165, 1.54) is 12.1 Å². The van der Waals surface area contributed by atoms with E-state index in [1.54, 1.807) is 12.3 Å². The van der Waals surface area contributed by atoms with E-state index in [-0.39, 0.29) is 17.9 Å². The van der Waals surface area contributed by atoms with Crippen molar-refractivity contribution < 1.29 is 43.1 Å². The monoisotopic (exact) mass is 620 g/mol. The van der Waals surface area contributed by atoms with Crippen LogP contribution in [-0.4, -0.2) is 61.2 Å². The van der Waals surface area contributed by atoms with Gasteiger partial charge in [-0.25, -0.2) is 8.42 Å². The van der Waals surface area contributed by atoms with Gasteiger partial charge in [-0.2, -0.15) is 13.0 Å². The van der Waals surface area contributed by atoms with E-state index in [1.807, 2.05) is 79.1 Å². The topological polar surface area (TPSA) is 178 Å². The minimum Gasteiger partial charge on any atom is -0.748 e. The number of benzene rings is 3. The van der Waals surface area contributed by atoms with E-state index < -0.39 is 42.0 Å². The first-order valence-electron chi connectivity index (χ1n) is 12.2. The highest BCUT2D eigenvalue weighted by Gasteiger charge is 2.45. The molecule has 0 saturated heterocycles. The Bertz CT molecular complexity index is 1860. The van der Waals surface area contributed by atoms with Crippen molar-refractivity contribution in [2.24, 2.45) is 0 Å². The fourth-order valence-corrected chi connectivity index (χ4v) is 5.73. The minimum absolute atomic E-state index is 0.132. The van der Waals surface area contributed by atoms with E-state index in [9.17, 15) is 25.9 Å². The second-order valence-electron chi connectivity index (χ2n) is 9.53. The molecule has 2 N–H and O–H groups in total. The van der Waals surface area contributed by atoms with Crippen LogP contribution in [0.3, 0.4) is 0 Å². The maximum Gasteiger partial charge on any atom is 0.425 e. The molecule has 1 heterocycles. The molecule has 0 amide bonds. The molecule has 1 aliphatic heterocycles. The Morgan fingerprint density at radius 1 is 0.976 bits per heavy atom. The van der Waals surface area contributed by atoms with Crippen LogP contribution < -0.4 is 5.32 Å². The summed E-state index contributed by atoms with van der Waals surface area (Å²) >= 11 is 0. The van der Waals surface area contributed by atoms with Crippen LogP contribution in [0.4, 0.5) is 11.4 Å². The number of para-hydroxylation sites is 1. The molecule has 14 heteroatoms. The fourth-order valence-electron chi connectivity index (χ4n) is 4.74. The van der Waals surface area contributed by atoms with Gasteiger partial charge in [0.2, 0.25) is 5.69 Å². The predicted molar refractivity (Wildman–Crippen MR) is 154 cm³/mol. The van der Waals surface area contributed by atoms with Gasteiger partial charge in [-0.3, -0.25) is 4.55 Å². The van der Waals surface area contributed by atoms with Gasteiger partial charge < -0.3 is 9.87 Å². The maximum atomic E-state index is 11.8. The number of rotatable bonds is 9. The van der Waals surface area contributed by atoms with Gasteiger partial charge in [0.1, 0.15) is 6.54 Å². The molecule has 218 valence electrons.